The number of nitrogens with one attached hydrogen (secondary N) is 2. The zero-order valence-electron chi connectivity index (χ0n) is 19.9. The van der Waals surface area contributed by atoms with E-state index in [9.17, 15) is 13.8 Å². The Morgan fingerprint density at radius 1 is 1.08 bits per heavy atom. The van der Waals surface area contributed by atoms with E-state index in [0.717, 1.165) is 11.1 Å². The van der Waals surface area contributed by atoms with E-state index in [1.54, 1.807) is 54.8 Å². The Hall–Kier alpha value is -4.00. The third kappa shape index (κ3) is 5.62. The van der Waals surface area contributed by atoms with Crippen LogP contribution in [0.1, 0.15) is 39.5 Å². The molecule has 4 N–H and O–H groups in total. The van der Waals surface area contributed by atoms with E-state index in [1.165, 1.54) is 0 Å². The van der Waals surface area contributed by atoms with Crippen LogP contribution in [0, 0.1) is 11.3 Å². The zero-order chi connectivity index (χ0) is 25.7. The van der Waals surface area contributed by atoms with E-state index in [-0.39, 0.29) is 11.9 Å². The highest BCUT2D eigenvalue weighted by Gasteiger charge is 2.33. The van der Waals surface area contributed by atoms with Gasteiger partial charge in [0.1, 0.15) is 0 Å². The van der Waals surface area contributed by atoms with E-state index in [0.29, 0.717) is 53.3 Å². The summed E-state index contributed by atoms with van der Waals surface area (Å²) in [6, 6.07) is 20.9. The Morgan fingerprint density at radius 3 is 2.39 bits per heavy atom. The van der Waals surface area contributed by atoms with Crippen LogP contribution in [0.15, 0.2) is 71.6 Å². The van der Waals surface area contributed by atoms with Crippen LogP contribution in [0.25, 0.3) is 0 Å². The highest BCUT2D eigenvalue weighted by atomic mass is 32.2. The molecule has 0 saturated heterocycles. The Kier molecular flexibility index (Phi) is 7.78. The van der Waals surface area contributed by atoms with Crippen LogP contribution in [-0.4, -0.2) is 40.4 Å². The number of fused-ring (bicyclic) bond motifs is 1. The van der Waals surface area contributed by atoms with Gasteiger partial charge in [-0.2, -0.15) is 5.26 Å². The van der Waals surface area contributed by atoms with Crippen molar-refractivity contribution in [2.24, 2.45) is 5.73 Å². The molecule has 184 valence electrons. The van der Waals surface area contributed by atoms with E-state index in [4.69, 9.17) is 11.0 Å². The number of benzene rings is 3. The summed E-state index contributed by atoms with van der Waals surface area (Å²) in [6.07, 6.45) is 2.88. The summed E-state index contributed by atoms with van der Waals surface area (Å²) >= 11 is 0. The number of nitriles is 1. The SMILES string of the molecule is CS(=O)c1ccc(NC(=O)Nc2ccc3c(c2)C(=O)N(CCCN)[C@H](c2ccc(C#N)cc2)C3)cc1. The van der Waals surface area contributed by atoms with Gasteiger partial charge in [0.05, 0.1) is 17.7 Å². The first-order chi connectivity index (χ1) is 17.4. The average molecular weight is 502 g/mol. The second kappa shape index (κ2) is 11.2. The van der Waals surface area contributed by atoms with E-state index in [1.807, 2.05) is 23.1 Å². The maximum Gasteiger partial charge on any atom is 0.323 e. The number of carbonyl (C=O) groups is 2. The van der Waals surface area contributed by atoms with Gasteiger partial charge in [-0.05, 0) is 79.0 Å². The van der Waals surface area contributed by atoms with Crippen molar-refractivity contribution >= 4 is 34.1 Å². The molecule has 0 saturated carbocycles. The van der Waals surface area contributed by atoms with Crippen molar-refractivity contribution < 1.29 is 13.8 Å². The molecule has 4 rings (SSSR count). The largest absolute Gasteiger partial charge is 0.331 e. The topological polar surface area (TPSA) is 128 Å². The molecule has 0 aliphatic carbocycles. The molecule has 0 bridgehead atoms. The molecule has 0 aromatic heterocycles. The summed E-state index contributed by atoms with van der Waals surface area (Å²) in [5.41, 5.74) is 9.77. The van der Waals surface area contributed by atoms with Crippen molar-refractivity contribution in [1.29, 1.82) is 5.26 Å². The molecule has 1 aliphatic rings. The van der Waals surface area contributed by atoms with Gasteiger partial charge in [-0.1, -0.05) is 18.2 Å². The van der Waals surface area contributed by atoms with Crippen LogP contribution < -0.4 is 16.4 Å². The molecule has 36 heavy (non-hydrogen) atoms. The molecule has 8 nitrogen and oxygen atoms in total. The van der Waals surface area contributed by atoms with Gasteiger partial charge in [0.2, 0.25) is 0 Å². The minimum atomic E-state index is -1.09. The van der Waals surface area contributed by atoms with Gasteiger partial charge < -0.3 is 21.3 Å². The minimum absolute atomic E-state index is 0.119. The Bertz CT molecular complexity index is 1330. The molecule has 9 heteroatoms. The average Bonchev–Trinajstić information content (AvgIpc) is 2.88. The van der Waals surface area contributed by atoms with E-state index in [2.05, 4.69) is 16.7 Å². The van der Waals surface area contributed by atoms with Crippen molar-refractivity contribution in [1.82, 2.24) is 4.90 Å². The summed E-state index contributed by atoms with van der Waals surface area (Å²) in [5, 5.41) is 14.6. The number of nitrogens with zero attached hydrogens (tertiary/aromatic N) is 2. The smallest absolute Gasteiger partial charge is 0.323 e. The standard InChI is InChI=1S/C27H27N5O3S/c1-36(35)23-11-9-21(10-12-23)30-27(34)31-22-8-7-20-15-25(19-5-3-18(17-29)4-6-19)32(14-2-13-28)26(33)24(20)16-22/h3-12,16,25H,2,13-15,28H2,1H3,(H2,30,31,34)/t25-,36?/m0/s1. The highest BCUT2D eigenvalue weighted by molar-refractivity contribution is 7.84. The lowest BCUT2D eigenvalue weighted by Gasteiger charge is -2.37. The van der Waals surface area contributed by atoms with Crippen LogP contribution in [0.4, 0.5) is 16.2 Å². The van der Waals surface area contributed by atoms with Gasteiger partial charge in [-0.3, -0.25) is 9.00 Å². The monoisotopic (exact) mass is 501 g/mol. The van der Waals surface area contributed by atoms with Crippen LogP contribution in [0.2, 0.25) is 0 Å². The predicted molar refractivity (Wildman–Crippen MR) is 140 cm³/mol. The number of hydrogen-bond acceptors (Lipinski definition) is 5. The highest BCUT2D eigenvalue weighted by Crippen LogP contribution is 2.34. The molecular weight excluding hydrogens is 474 g/mol. The normalized spacial score (nSPS) is 15.5. The molecule has 0 radical (unpaired) electrons. The molecular formula is C27H27N5O3S. The van der Waals surface area contributed by atoms with Crippen molar-refractivity contribution in [3.05, 3.63) is 89.0 Å². The van der Waals surface area contributed by atoms with Gasteiger partial charge in [0, 0.05) is 45.4 Å². The first-order valence-electron chi connectivity index (χ1n) is 11.5. The molecule has 1 unspecified atom stereocenters. The van der Waals surface area contributed by atoms with Crippen molar-refractivity contribution in [2.45, 2.75) is 23.8 Å². The summed E-state index contributed by atoms with van der Waals surface area (Å²) in [5.74, 6) is -0.119. The lowest BCUT2D eigenvalue weighted by molar-refractivity contribution is 0.0646. The minimum Gasteiger partial charge on any atom is -0.331 e. The third-order valence-corrected chi connectivity index (χ3v) is 7.06. The Balaban J connectivity index is 1.53. The van der Waals surface area contributed by atoms with E-state index >= 15 is 0 Å². The number of anilines is 2. The molecule has 3 aromatic carbocycles. The lowest BCUT2D eigenvalue weighted by atomic mass is 9.88. The van der Waals surface area contributed by atoms with Crippen molar-refractivity contribution in [3.63, 3.8) is 0 Å². The van der Waals surface area contributed by atoms with Gasteiger partial charge in [0.25, 0.3) is 5.91 Å². The van der Waals surface area contributed by atoms with Crippen LogP contribution in [-0.2, 0) is 17.2 Å². The molecule has 3 aromatic rings. The molecule has 0 spiro atoms. The van der Waals surface area contributed by atoms with Gasteiger partial charge >= 0.3 is 6.03 Å². The second-order valence-corrected chi connectivity index (χ2v) is 9.90. The zero-order valence-corrected chi connectivity index (χ0v) is 20.7. The molecule has 1 heterocycles. The second-order valence-electron chi connectivity index (χ2n) is 8.52. The molecule has 1 aliphatic heterocycles. The Morgan fingerprint density at radius 2 is 1.75 bits per heavy atom. The fraction of sp³-hybridized carbons (Fsp3) is 0.222. The molecule has 2 atom stereocenters. The number of rotatable bonds is 7. The Labute approximate surface area is 212 Å². The lowest BCUT2D eigenvalue weighted by Crippen LogP contribution is -2.41. The fourth-order valence-corrected chi connectivity index (χ4v) is 4.79. The van der Waals surface area contributed by atoms with Gasteiger partial charge in [-0.25, -0.2) is 4.79 Å². The van der Waals surface area contributed by atoms with Gasteiger partial charge in [0.15, 0.2) is 0 Å². The maximum absolute atomic E-state index is 13.5. The first-order valence-corrected chi connectivity index (χ1v) is 13.1. The fourth-order valence-electron chi connectivity index (χ4n) is 4.27. The maximum atomic E-state index is 13.5. The summed E-state index contributed by atoms with van der Waals surface area (Å²) in [6.45, 7) is 0.976. The van der Waals surface area contributed by atoms with Crippen LogP contribution in [0.3, 0.4) is 0 Å². The third-order valence-electron chi connectivity index (χ3n) is 6.12. The van der Waals surface area contributed by atoms with Crippen molar-refractivity contribution in [2.75, 3.05) is 30.0 Å². The number of urea groups is 1. The summed E-state index contributed by atoms with van der Waals surface area (Å²) in [4.78, 5) is 28.5. The number of nitrogens with two attached hydrogens (primary N) is 1. The number of hydrogen-bond donors (Lipinski definition) is 3. The molecule has 3 amide bonds. The summed E-state index contributed by atoms with van der Waals surface area (Å²) < 4.78 is 11.5. The number of carbonyl (C=O) groups excluding carboxylic acids is 2. The van der Waals surface area contributed by atoms with Gasteiger partial charge in [-0.15, -0.1) is 0 Å². The van der Waals surface area contributed by atoms with E-state index < -0.39 is 16.8 Å². The summed E-state index contributed by atoms with van der Waals surface area (Å²) in [7, 11) is -1.09. The molecule has 0 fully saturated rings. The quantitative estimate of drug-likeness (QED) is 0.450. The van der Waals surface area contributed by atoms with Crippen LogP contribution in [0.5, 0.6) is 0 Å². The van der Waals surface area contributed by atoms with Crippen molar-refractivity contribution in [3.8, 4) is 6.07 Å². The number of amides is 3. The van der Waals surface area contributed by atoms with Crippen LogP contribution >= 0.6 is 0 Å². The predicted octanol–water partition coefficient (Wildman–Crippen LogP) is 4.03. The first kappa shape index (κ1) is 25.1.